The molecule has 0 aromatic carbocycles. The fourth-order valence-electron chi connectivity index (χ4n) is 0.358. The topological polar surface area (TPSA) is 51.8 Å². The average Bonchev–Trinajstić information content (AvgIpc) is 1.80. The molecule has 0 atom stereocenters. The lowest BCUT2D eigenvalue weighted by Crippen LogP contribution is -1.95. The van der Waals surface area contributed by atoms with Gasteiger partial charge in [-0.15, -0.1) is 0 Å². The molecule has 0 aliphatic carbocycles. The van der Waals surface area contributed by atoms with Crippen LogP contribution in [-0.4, -0.2) is 9.97 Å². The van der Waals surface area contributed by atoms with Crippen LogP contribution in [0.25, 0.3) is 0 Å². The molecule has 0 aliphatic heterocycles. The van der Waals surface area contributed by atoms with Crippen LogP contribution in [0.3, 0.4) is 0 Å². The van der Waals surface area contributed by atoms with E-state index >= 15 is 0 Å². The van der Waals surface area contributed by atoms with Gasteiger partial charge in [0.1, 0.15) is 5.82 Å². The minimum atomic E-state index is -0.810. The Morgan fingerprint density at radius 2 is 2.33 bits per heavy atom. The lowest BCUT2D eigenvalue weighted by molar-refractivity contribution is 0.540. The summed E-state index contributed by atoms with van der Waals surface area (Å²) < 4.78 is 12.5. The lowest BCUT2D eigenvalue weighted by atomic mass is 10.6. The van der Waals surface area contributed by atoms with Crippen LogP contribution >= 0.6 is 15.9 Å². The van der Waals surface area contributed by atoms with Gasteiger partial charge in [-0.05, 0) is 15.9 Å². The van der Waals surface area contributed by atoms with Gasteiger partial charge in [-0.2, -0.15) is 9.37 Å². The molecule has 0 fully saturated rings. The van der Waals surface area contributed by atoms with Gasteiger partial charge in [-0.25, -0.2) is 4.98 Å². The van der Waals surface area contributed by atoms with Crippen molar-refractivity contribution in [2.75, 3.05) is 5.73 Å². The van der Waals surface area contributed by atoms with Gasteiger partial charge in [-0.1, -0.05) is 0 Å². The summed E-state index contributed by atoms with van der Waals surface area (Å²) in [5.41, 5.74) is 5.18. The highest BCUT2D eigenvalue weighted by molar-refractivity contribution is 9.10. The van der Waals surface area contributed by atoms with E-state index < -0.39 is 6.08 Å². The zero-order valence-electron chi connectivity index (χ0n) is 4.31. The molecule has 0 radical (unpaired) electrons. The maximum Gasteiger partial charge on any atom is 0.310 e. The molecule has 5 heteroatoms. The summed E-state index contributed by atoms with van der Waals surface area (Å²) in [5, 5.41) is 0. The van der Waals surface area contributed by atoms with Crippen LogP contribution in [0.15, 0.2) is 10.7 Å². The molecule has 9 heavy (non-hydrogen) atoms. The SMILES string of the molecule is Nc1nc(F)ncc1Br. The van der Waals surface area contributed by atoms with Gasteiger partial charge in [0.25, 0.3) is 0 Å². The molecule has 0 unspecified atom stereocenters. The molecule has 48 valence electrons. The Balaban J connectivity index is 3.17. The summed E-state index contributed by atoms with van der Waals surface area (Å²) in [5.74, 6) is 0.113. The summed E-state index contributed by atoms with van der Waals surface area (Å²) in [6.07, 6.45) is 0.452. The fraction of sp³-hybridized carbons (Fsp3) is 0. The number of nitrogen functional groups attached to an aromatic ring is 1. The molecule has 0 saturated carbocycles. The minimum absolute atomic E-state index is 0.113. The third-order valence-corrected chi connectivity index (χ3v) is 1.35. The van der Waals surface area contributed by atoms with Gasteiger partial charge in [0, 0.05) is 6.20 Å². The zero-order valence-corrected chi connectivity index (χ0v) is 5.89. The van der Waals surface area contributed by atoms with Gasteiger partial charge in [0.05, 0.1) is 4.47 Å². The number of anilines is 1. The summed E-state index contributed by atoms with van der Waals surface area (Å²) in [6.45, 7) is 0. The van der Waals surface area contributed by atoms with E-state index in [-0.39, 0.29) is 5.82 Å². The Labute approximate surface area is 59.2 Å². The second-order valence-electron chi connectivity index (χ2n) is 1.37. The minimum Gasteiger partial charge on any atom is -0.383 e. The van der Waals surface area contributed by atoms with Crippen LogP contribution in [-0.2, 0) is 0 Å². The predicted octanol–water partition coefficient (Wildman–Crippen LogP) is 0.960. The number of nitrogens with zero attached hydrogens (tertiary/aromatic N) is 2. The maximum atomic E-state index is 12.0. The van der Waals surface area contributed by atoms with Crippen LogP contribution in [0, 0.1) is 6.08 Å². The van der Waals surface area contributed by atoms with Gasteiger partial charge in [0.15, 0.2) is 0 Å². The Bertz CT molecular complexity index is 227. The molecule has 1 aromatic heterocycles. The molecular formula is C4H3BrFN3. The van der Waals surface area contributed by atoms with Crippen molar-refractivity contribution in [2.45, 2.75) is 0 Å². The Morgan fingerprint density at radius 3 is 2.78 bits per heavy atom. The number of aromatic nitrogens is 2. The Kier molecular flexibility index (Phi) is 1.61. The summed E-state index contributed by atoms with van der Waals surface area (Å²) in [7, 11) is 0. The molecule has 0 amide bonds. The van der Waals surface area contributed by atoms with E-state index in [4.69, 9.17) is 5.73 Å². The van der Waals surface area contributed by atoms with E-state index in [2.05, 4.69) is 25.9 Å². The molecule has 0 spiro atoms. The van der Waals surface area contributed by atoms with E-state index in [0.29, 0.717) is 4.47 Å². The summed E-state index contributed by atoms with van der Waals surface area (Å²) in [6, 6.07) is 0. The smallest absolute Gasteiger partial charge is 0.310 e. The van der Waals surface area contributed by atoms with E-state index in [1.807, 2.05) is 0 Å². The first-order valence-corrected chi connectivity index (χ1v) is 2.93. The van der Waals surface area contributed by atoms with Crippen molar-refractivity contribution in [1.82, 2.24) is 9.97 Å². The van der Waals surface area contributed by atoms with Crippen LogP contribution in [0.1, 0.15) is 0 Å². The fourth-order valence-corrected chi connectivity index (χ4v) is 0.549. The number of halogens is 2. The van der Waals surface area contributed by atoms with E-state index in [1.165, 1.54) is 6.20 Å². The average molecular weight is 192 g/mol. The number of hydrogen-bond acceptors (Lipinski definition) is 3. The second kappa shape index (κ2) is 2.26. The molecule has 1 heterocycles. The third kappa shape index (κ3) is 1.35. The number of hydrogen-bond donors (Lipinski definition) is 1. The quantitative estimate of drug-likeness (QED) is 0.622. The van der Waals surface area contributed by atoms with Crippen molar-refractivity contribution < 1.29 is 4.39 Å². The molecular weight excluding hydrogens is 189 g/mol. The van der Waals surface area contributed by atoms with Crippen LogP contribution < -0.4 is 5.73 Å². The molecule has 3 nitrogen and oxygen atoms in total. The van der Waals surface area contributed by atoms with Crippen LogP contribution in [0.2, 0.25) is 0 Å². The summed E-state index contributed by atoms with van der Waals surface area (Å²) >= 11 is 3.01. The van der Waals surface area contributed by atoms with Crippen molar-refractivity contribution in [3.05, 3.63) is 16.7 Å². The zero-order chi connectivity index (χ0) is 6.85. The van der Waals surface area contributed by atoms with Gasteiger partial charge in [-0.3, -0.25) is 0 Å². The normalized spacial score (nSPS) is 9.56. The Hall–Kier alpha value is -0.710. The second-order valence-corrected chi connectivity index (χ2v) is 2.23. The number of rotatable bonds is 0. The van der Waals surface area contributed by atoms with Crippen molar-refractivity contribution in [2.24, 2.45) is 0 Å². The van der Waals surface area contributed by atoms with E-state index in [1.54, 1.807) is 0 Å². The first kappa shape index (κ1) is 6.41. The predicted molar refractivity (Wildman–Crippen MR) is 34.1 cm³/mol. The Morgan fingerprint density at radius 1 is 1.67 bits per heavy atom. The highest BCUT2D eigenvalue weighted by Gasteiger charge is 1.97. The monoisotopic (exact) mass is 191 g/mol. The lowest BCUT2D eigenvalue weighted by Gasteiger charge is -1.92. The van der Waals surface area contributed by atoms with E-state index in [9.17, 15) is 4.39 Å². The van der Waals surface area contributed by atoms with Gasteiger partial charge in [0.2, 0.25) is 0 Å². The molecule has 0 aliphatic rings. The van der Waals surface area contributed by atoms with Crippen molar-refractivity contribution in [3.8, 4) is 0 Å². The van der Waals surface area contributed by atoms with Crippen LogP contribution in [0.5, 0.6) is 0 Å². The summed E-state index contributed by atoms with van der Waals surface area (Å²) in [4.78, 5) is 6.46. The highest BCUT2D eigenvalue weighted by Crippen LogP contribution is 2.13. The molecule has 0 bridgehead atoms. The van der Waals surface area contributed by atoms with Crippen LogP contribution in [0.4, 0.5) is 10.2 Å². The molecule has 1 aromatic rings. The first-order valence-electron chi connectivity index (χ1n) is 2.13. The molecule has 2 N–H and O–H groups in total. The molecule has 0 saturated heterocycles. The largest absolute Gasteiger partial charge is 0.383 e. The van der Waals surface area contributed by atoms with Gasteiger partial charge >= 0.3 is 6.08 Å². The third-order valence-electron chi connectivity index (χ3n) is 0.742. The van der Waals surface area contributed by atoms with Crippen molar-refractivity contribution >= 4 is 21.7 Å². The van der Waals surface area contributed by atoms with E-state index in [0.717, 1.165) is 0 Å². The first-order chi connectivity index (χ1) is 4.20. The van der Waals surface area contributed by atoms with Gasteiger partial charge < -0.3 is 5.73 Å². The molecule has 1 rings (SSSR count). The van der Waals surface area contributed by atoms with Crippen molar-refractivity contribution in [1.29, 1.82) is 0 Å². The number of nitrogens with two attached hydrogens (primary N) is 1. The standard InChI is InChI=1S/C4H3BrFN3/c5-2-1-8-4(6)9-3(2)7/h1H,(H2,7,8,9). The maximum absolute atomic E-state index is 12.0. The van der Waals surface area contributed by atoms with Crippen molar-refractivity contribution in [3.63, 3.8) is 0 Å². The highest BCUT2D eigenvalue weighted by atomic mass is 79.9.